The average molecular weight is 342 g/mol. The molecule has 0 spiro atoms. The van der Waals surface area contributed by atoms with Crippen molar-refractivity contribution in [2.45, 2.75) is 6.18 Å². The summed E-state index contributed by atoms with van der Waals surface area (Å²) in [6.45, 7) is 2.86. The van der Waals surface area contributed by atoms with Gasteiger partial charge in [0.2, 0.25) is 0 Å². The summed E-state index contributed by atoms with van der Waals surface area (Å²) < 4.78 is 44.3. The first kappa shape index (κ1) is 16.1. The number of rotatable bonds is 2. The summed E-state index contributed by atoms with van der Waals surface area (Å²) in [6, 6.07) is 11.5. The van der Waals surface area contributed by atoms with Crippen molar-refractivity contribution in [1.82, 2.24) is 0 Å². The Hall–Kier alpha value is -1.72. The van der Waals surface area contributed by atoms with Gasteiger partial charge in [-0.2, -0.15) is 13.2 Å². The predicted octanol–water partition coefficient (Wildman–Crippen LogP) is 4.86. The van der Waals surface area contributed by atoms with Crippen molar-refractivity contribution in [3.8, 4) is 11.1 Å². The highest BCUT2D eigenvalue weighted by Gasteiger charge is 2.33. The largest absolute Gasteiger partial charge is 0.417 e. The zero-order valence-corrected chi connectivity index (χ0v) is 13.0. The smallest absolute Gasteiger partial charge is 0.378 e. The van der Waals surface area contributed by atoms with Gasteiger partial charge in [-0.25, -0.2) is 0 Å². The van der Waals surface area contributed by atoms with Gasteiger partial charge in [0.05, 0.1) is 23.8 Å². The summed E-state index contributed by atoms with van der Waals surface area (Å²) in [5.41, 5.74) is 1.40. The molecule has 23 heavy (non-hydrogen) atoms. The number of halogens is 4. The molecule has 0 radical (unpaired) electrons. The molecule has 1 saturated heterocycles. The zero-order chi connectivity index (χ0) is 16.4. The van der Waals surface area contributed by atoms with Crippen LogP contribution in [0.5, 0.6) is 0 Å². The van der Waals surface area contributed by atoms with Crippen LogP contribution in [0.3, 0.4) is 0 Å². The van der Waals surface area contributed by atoms with Crippen LogP contribution in [0, 0.1) is 0 Å². The Morgan fingerprint density at radius 3 is 2.35 bits per heavy atom. The summed E-state index contributed by atoms with van der Waals surface area (Å²) in [5, 5.41) is -0.286. The second-order valence-electron chi connectivity index (χ2n) is 5.34. The number of morpholine rings is 1. The summed E-state index contributed by atoms with van der Waals surface area (Å²) in [6.07, 6.45) is -4.46. The van der Waals surface area contributed by atoms with Crippen LogP contribution in [0.4, 0.5) is 18.9 Å². The number of nitrogens with zero attached hydrogens (tertiary/aromatic N) is 1. The molecule has 6 heteroatoms. The van der Waals surface area contributed by atoms with E-state index >= 15 is 0 Å². The molecule has 0 N–H and O–H groups in total. The van der Waals surface area contributed by atoms with Crippen LogP contribution in [0.2, 0.25) is 5.02 Å². The van der Waals surface area contributed by atoms with Crippen LogP contribution in [0.15, 0.2) is 42.5 Å². The molecule has 0 amide bonds. The third-order valence-corrected chi connectivity index (χ3v) is 4.16. The first-order valence-electron chi connectivity index (χ1n) is 7.25. The van der Waals surface area contributed by atoms with Crippen LogP contribution in [-0.2, 0) is 10.9 Å². The molecular formula is C17H15ClF3NO. The second kappa shape index (κ2) is 6.42. The molecule has 1 fully saturated rings. The lowest BCUT2D eigenvalue weighted by atomic mass is 10.0. The molecule has 0 aliphatic carbocycles. The maximum absolute atomic E-state index is 13.0. The Balaban J connectivity index is 1.96. The second-order valence-corrected chi connectivity index (χ2v) is 5.75. The van der Waals surface area contributed by atoms with E-state index in [0.717, 1.165) is 30.4 Å². The fraction of sp³-hybridized carbons (Fsp3) is 0.294. The number of benzene rings is 2. The Morgan fingerprint density at radius 1 is 0.957 bits per heavy atom. The van der Waals surface area contributed by atoms with Crippen molar-refractivity contribution >= 4 is 17.3 Å². The molecule has 2 aromatic carbocycles. The molecule has 0 aromatic heterocycles. The van der Waals surface area contributed by atoms with Crippen molar-refractivity contribution < 1.29 is 17.9 Å². The molecule has 0 unspecified atom stereocenters. The van der Waals surface area contributed by atoms with Gasteiger partial charge in [-0.1, -0.05) is 29.8 Å². The van der Waals surface area contributed by atoms with E-state index in [1.807, 2.05) is 18.2 Å². The highest BCUT2D eigenvalue weighted by Crippen LogP contribution is 2.37. The van der Waals surface area contributed by atoms with Gasteiger partial charge in [-0.15, -0.1) is 0 Å². The van der Waals surface area contributed by atoms with Gasteiger partial charge in [0.1, 0.15) is 0 Å². The summed E-state index contributed by atoms with van der Waals surface area (Å²) >= 11 is 5.68. The average Bonchev–Trinajstić information content (AvgIpc) is 2.55. The Bertz CT molecular complexity index is 696. The van der Waals surface area contributed by atoms with Gasteiger partial charge >= 0.3 is 6.18 Å². The van der Waals surface area contributed by atoms with Crippen molar-refractivity contribution in [1.29, 1.82) is 0 Å². The summed E-state index contributed by atoms with van der Waals surface area (Å²) in [4.78, 5) is 2.16. The highest BCUT2D eigenvalue weighted by atomic mass is 35.5. The van der Waals surface area contributed by atoms with Crippen LogP contribution in [0.25, 0.3) is 11.1 Å². The van der Waals surface area contributed by atoms with E-state index in [1.54, 1.807) is 12.1 Å². The van der Waals surface area contributed by atoms with Crippen molar-refractivity contribution in [2.24, 2.45) is 0 Å². The lowest BCUT2D eigenvalue weighted by molar-refractivity contribution is -0.137. The number of hydrogen-bond acceptors (Lipinski definition) is 2. The molecule has 1 aliphatic rings. The molecule has 2 nitrogen and oxygen atoms in total. The van der Waals surface area contributed by atoms with Crippen LogP contribution >= 0.6 is 11.6 Å². The first-order chi connectivity index (χ1) is 10.9. The number of ether oxygens (including phenoxy) is 1. The molecule has 1 aliphatic heterocycles. The quantitative estimate of drug-likeness (QED) is 0.773. The summed E-state index contributed by atoms with van der Waals surface area (Å²) in [5.74, 6) is 0. The molecular weight excluding hydrogens is 327 g/mol. The van der Waals surface area contributed by atoms with Gasteiger partial charge in [-0.05, 0) is 35.4 Å². The van der Waals surface area contributed by atoms with E-state index in [2.05, 4.69) is 4.90 Å². The van der Waals surface area contributed by atoms with Gasteiger partial charge in [0.15, 0.2) is 0 Å². The third kappa shape index (κ3) is 3.62. The van der Waals surface area contributed by atoms with E-state index in [1.165, 1.54) is 6.07 Å². The minimum absolute atomic E-state index is 0.286. The molecule has 1 heterocycles. The SMILES string of the molecule is FC(F)(F)c1cc(-c2cccc(N3CCOCC3)c2)ccc1Cl. The number of alkyl halides is 3. The van der Waals surface area contributed by atoms with Gasteiger partial charge in [0.25, 0.3) is 0 Å². The van der Waals surface area contributed by atoms with Crippen LogP contribution < -0.4 is 4.90 Å². The molecule has 0 saturated carbocycles. The topological polar surface area (TPSA) is 12.5 Å². The Morgan fingerprint density at radius 2 is 1.65 bits per heavy atom. The van der Waals surface area contributed by atoms with E-state index in [0.29, 0.717) is 18.8 Å². The molecule has 0 bridgehead atoms. The third-order valence-electron chi connectivity index (χ3n) is 3.83. The van der Waals surface area contributed by atoms with Crippen molar-refractivity contribution in [3.05, 3.63) is 53.1 Å². The number of anilines is 1. The Kier molecular flexibility index (Phi) is 4.50. The van der Waals surface area contributed by atoms with Crippen LogP contribution in [-0.4, -0.2) is 26.3 Å². The standard InChI is InChI=1S/C17H15ClF3NO/c18-16-5-4-13(11-15(16)17(19,20)21)12-2-1-3-14(10-12)22-6-8-23-9-7-22/h1-5,10-11H,6-9H2. The van der Waals surface area contributed by atoms with Gasteiger partial charge < -0.3 is 9.64 Å². The minimum atomic E-state index is -4.46. The molecule has 3 rings (SSSR count). The first-order valence-corrected chi connectivity index (χ1v) is 7.63. The van der Waals surface area contributed by atoms with Crippen molar-refractivity contribution in [3.63, 3.8) is 0 Å². The van der Waals surface area contributed by atoms with Gasteiger partial charge in [0, 0.05) is 18.8 Å². The lowest BCUT2D eigenvalue weighted by Gasteiger charge is -2.29. The van der Waals surface area contributed by atoms with Gasteiger partial charge in [-0.3, -0.25) is 0 Å². The minimum Gasteiger partial charge on any atom is -0.378 e. The zero-order valence-electron chi connectivity index (χ0n) is 12.2. The van der Waals surface area contributed by atoms with E-state index in [9.17, 15) is 13.2 Å². The lowest BCUT2D eigenvalue weighted by Crippen LogP contribution is -2.36. The van der Waals surface area contributed by atoms with E-state index in [4.69, 9.17) is 16.3 Å². The molecule has 0 atom stereocenters. The van der Waals surface area contributed by atoms with Crippen molar-refractivity contribution in [2.75, 3.05) is 31.2 Å². The maximum Gasteiger partial charge on any atom is 0.417 e. The number of hydrogen-bond donors (Lipinski definition) is 0. The van der Waals surface area contributed by atoms with E-state index < -0.39 is 11.7 Å². The monoisotopic (exact) mass is 341 g/mol. The normalized spacial score (nSPS) is 15.7. The Labute approximate surface area is 137 Å². The fourth-order valence-electron chi connectivity index (χ4n) is 2.63. The molecule has 2 aromatic rings. The highest BCUT2D eigenvalue weighted by molar-refractivity contribution is 6.31. The predicted molar refractivity (Wildman–Crippen MR) is 84.9 cm³/mol. The molecule has 122 valence electrons. The van der Waals surface area contributed by atoms with Crippen LogP contribution in [0.1, 0.15) is 5.56 Å². The summed E-state index contributed by atoms with van der Waals surface area (Å²) in [7, 11) is 0. The maximum atomic E-state index is 13.0. The fourth-order valence-corrected chi connectivity index (χ4v) is 2.85. The van der Waals surface area contributed by atoms with E-state index in [-0.39, 0.29) is 5.02 Å².